The fraction of sp³-hybridized carbons (Fsp3) is 0.125. The number of fused-ring (bicyclic) bond motifs is 1. The van der Waals surface area contributed by atoms with E-state index in [1.807, 2.05) is 24.3 Å². The molecule has 0 unspecified atom stereocenters. The first-order valence-corrected chi connectivity index (χ1v) is 6.71. The van der Waals surface area contributed by atoms with E-state index in [0.717, 1.165) is 11.3 Å². The van der Waals surface area contributed by atoms with E-state index in [9.17, 15) is 9.59 Å². The van der Waals surface area contributed by atoms with E-state index < -0.39 is 5.92 Å². The molecule has 3 rings (SSSR count). The Hall–Kier alpha value is -2.13. The number of ketones is 1. The van der Waals surface area contributed by atoms with E-state index in [1.54, 1.807) is 24.3 Å². The molecule has 0 saturated heterocycles. The summed E-state index contributed by atoms with van der Waals surface area (Å²) in [7, 11) is 0. The minimum atomic E-state index is -0.408. The lowest BCUT2D eigenvalue weighted by molar-refractivity contribution is -0.117. The van der Waals surface area contributed by atoms with Crippen molar-refractivity contribution in [3.05, 3.63) is 64.7 Å². The Bertz CT molecular complexity index is 679. The number of carbonyl (C=O) groups is 2. The van der Waals surface area contributed by atoms with Crippen LogP contribution in [0.5, 0.6) is 0 Å². The van der Waals surface area contributed by atoms with Crippen LogP contribution in [0, 0.1) is 0 Å². The third-order valence-corrected chi connectivity index (χ3v) is 3.72. The Morgan fingerprint density at radius 1 is 1.10 bits per heavy atom. The van der Waals surface area contributed by atoms with Gasteiger partial charge in [-0.3, -0.25) is 9.59 Å². The topological polar surface area (TPSA) is 46.2 Å². The monoisotopic (exact) mass is 285 g/mol. The molecule has 1 aliphatic heterocycles. The van der Waals surface area contributed by atoms with Crippen LogP contribution in [0.2, 0.25) is 5.02 Å². The van der Waals surface area contributed by atoms with Gasteiger partial charge in [-0.1, -0.05) is 29.8 Å². The molecule has 1 aliphatic rings. The van der Waals surface area contributed by atoms with Gasteiger partial charge < -0.3 is 5.32 Å². The molecule has 1 amide bonds. The highest BCUT2D eigenvalue weighted by atomic mass is 35.5. The lowest BCUT2D eigenvalue weighted by atomic mass is 9.93. The van der Waals surface area contributed by atoms with Gasteiger partial charge in [0.1, 0.15) is 0 Å². The molecule has 2 aromatic rings. The Balaban J connectivity index is 1.83. The van der Waals surface area contributed by atoms with Crippen molar-refractivity contribution in [2.24, 2.45) is 0 Å². The number of carbonyl (C=O) groups excluding carboxylic acids is 2. The largest absolute Gasteiger partial charge is 0.325 e. The third-order valence-electron chi connectivity index (χ3n) is 3.47. The zero-order valence-corrected chi connectivity index (χ0v) is 11.4. The molecule has 0 radical (unpaired) electrons. The number of nitrogens with one attached hydrogen (secondary N) is 1. The second kappa shape index (κ2) is 5.10. The quantitative estimate of drug-likeness (QED) is 0.875. The number of rotatable bonds is 3. The first kappa shape index (κ1) is 12.9. The highest BCUT2D eigenvalue weighted by Crippen LogP contribution is 2.35. The van der Waals surface area contributed by atoms with Crippen LogP contribution in [0.4, 0.5) is 5.69 Å². The summed E-state index contributed by atoms with van der Waals surface area (Å²) < 4.78 is 0. The van der Waals surface area contributed by atoms with Crippen LogP contribution >= 0.6 is 11.6 Å². The van der Waals surface area contributed by atoms with Gasteiger partial charge in [0.15, 0.2) is 5.78 Å². The van der Waals surface area contributed by atoms with Gasteiger partial charge in [-0.25, -0.2) is 0 Å². The molecule has 2 aromatic carbocycles. The van der Waals surface area contributed by atoms with Crippen LogP contribution < -0.4 is 5.32 Å². The summed E-state index contributed by atoms with van der Waals surface area (Å²) in [6, 6.07) is 14.2. The molecular weight excluding hydrogens is 274 g/mol. The second-order valence-electron chi connectivity index (χ2n) is 4.76. The molecule has 100 valence electrons. The Labute approximate surface area is 121 Å². The van der Waals surface area contributed by atoms with Crippen molar-refractivity contribution < 1.29 is 9.59 Å². The van der Waals surface area contributed by atoms with Crippen LogP contribution in [0.15, 0.2) is 48.5 Å². The van der Waals surface area contributed by atoms with Gasteiger partial charge in [-0.2, -0.15) is 0 Å². The van der Waals surface area contributed by atoms with Crippen molar-refractivity contribution >= 4 is 29.0 Å². The van der Waals surface area contributed by atoms with Crippen molar-refractivity contribution in [2.75, 3.05) is 5.32 Å². The fourth-order valence-electron chi connectivity index (χ4n) is 2.42. The minimum absolute atomic E-state index is 0.0569. The van der Waals surface area contributed by atoms with Gasteiger partial charge >= 0.3 is 0 Å². The zero-order valence-electron chi connectivity index (χ0n) is 10.6. The summed E-state index contributed by atoms with van der Waals surface area (Å²) in [6.45, 7) is 0. The Morgan fingerprint density at radius 3 is 2.55 bits per heavy atom. The van der Waals surface area contributed by atoms with Crippen LogP contribution in [-0.2, 0) is 4.79 Å². The van der Waals surface area contributed by atoms with Crippen molar-refractivity contribution in [3.8, 4) is 0 Å². The first-order valence-electron chi connectivity index (χ1n) is 6.34. The van der Waals surface area contributed by atoms with Crippen molar-refractivity contribution in [2.45, 2.75) is 12.3 Å². The average molecular weight is 286 g/mol. The predicted octanol–water partition coefficient (Wildman–Crippen LogP) is 3.65. The van der Waals surface area contributed by atoms with E-state index in [2.05, 4.69) is 5.32 Å². The number of Topliss-reactive ketones (excluding diaryl/α,β-unsaturated/α-hetero) is 1. The lowest BCUT2D eigenvalue weighted by Gasteiger charge is -2.08. The predicted molar refractivity (Wildman–Crippen MR) is 78.2 cm³/mol. The second-order valence-corrected chi connectivity index (χ2v) is 5.20. The summed E-state index contributed by atoms with van der Waals surface area (Å²) in [5, 5.41) is 3.39. The standard InChI is InChI=1S/C16H12ClNO2/c17-11-7-5-10(6-8-11)15(19)9-13-12-3-1-2-4-14(12)18-16(13)20/h1-8,13H,9H2,(H,18,20)/t13-/m1/s1. The summed E-state index contributed by atoms with van der Waals surface area (Å²) >= 11 is 5.80. The molecule has 1 atom stereocenters. The van der Waals surface area contributed by atoms with E-state index in [-0.39, 0.29) is 18.1 Å². The van der Waals surface area contributed by atoms with E-state index >= 15 is 0 Å². The highest BCUT2D eigenvalue weighted by molar-refractivity contribution is 6.30. The minimum Gasteiger partial charge on any atom is -0.325 e. The van der Waals surface area contributed by atoms with Crippen LogP contribution in [0.3, 0.4) is 0 Å². The highest BCUT2D eigenvalue weighted by Gasteiger charge is 2.31. The number of para-hydroxylation sites is 1. The molecule has 20 heavy (non-hydrogen) atoms. The smallest absolute Gasteiger partial charge is 0.232 e. The van der Waals surface area contributed by atoms with Crippen LogP contribution in [0.25, 0.3) is 0 Å². The number of hydrogen-bond donors (Lipinski definition) is 1. The number of halogens is 1. The molecule has 0 saturated carbocycles. The molecule has 3 nitrogen and oxygen atoms in total. The summed E-state index contributed by atoms with van der Waals surface area (Å²) in [6.07, 6.45) is 0.171. The molecule has 0 aliphatic carbocycles. The summed E-state index contributed by atoms with van der Waals surface area (Å²) in [5.41, 5.74) is 2.26. The average Bonchev–Trinajstić information content (AvgIpc) is 2.76. The number of hydrogen-bond acceptors (Lipinski definition) is 2. The van der Waals surface area contributed by atoms with E-state index in [4.69, 9.17) is 11.6 Å². The first-order chi connectivity index (χ1) is 9.65. The van der Waals surface area contributed by atoms with Gasteiger partial charge in [0.25, 0.3) is 0 Å². The van der Waals surface area contributed by atoms with Crippen molar-refractivity contribution in [1.29, 1.82) is 0 Å². The van der Waals surface area contributed by atoms with Crippen LogP contribution in [-0.4, -0.2) is 11.7 Å². The molecule has 0 aromatic heterocycles. The Morgan fingerprint density at radius 2 is 1.80 bits per heavy atom. The maximum absolute atomic E-state index is 12.2. The molecule has 0 fully saturated rings. The number of benzene rings is 2. The maximum atomic E-state index is 12.2. The number of anilines is 1. The molecule has 0 bridgehead atoms. The molecule has 1 N–H and O–H groups in total. The van der Waals surface area contributed by atoms with Gasteiger partial charge in [-0.15, -0.1) is 0 Å². The molecule has 1 heterocycles. The van der Waals surface area contributed by atoms with Gasteiger partial charge in [0.05, 0.1) is 5.92 Å². The van der Waals surface area contributed by atoms with Gasteiger partial charge in [-0.05, 0) is 35.9 Å². The van der Waals surface area contributed by atoms with E-state index in [1.165, 1.54) is 0 Å². The van der Waals surface area contributed by atoms with Gasteiger partial charge in [0, 0.05) is 22.7 Å². The van der Waals surface area contributed by atoms with E-state index in [0.29, 0.717) is 10.6 Å². The van der Waals surface area contributed by atoms with Gasteiger partial charge in [0.2, 0.25) is 5.91 Å². The molecule has 4 heteroatoms. The SMILES string of the molecule is O=C(C[C@H]1C(=O)Nc2ccccc21)c1ccc(Cl)cc1. The number of amides is 1. The van der Waals surface area contributed by atoms with Crippen molar-refractivity contribution in [3.63, 3.8) is 0 Å². The normalized spacial score (nSPS) is 16.6. The summed E-state index contributed by atoms with van der Waals surface area (Å²) in [4.78, 5) is 24.2. The maximum Gasteiger partial charge on any atom is 0.232 e. The molecular formula is C16H12ClNO2. The molecule has 0 spiro atoms. The summed E-state index contributed by atoms with van der Waals surface area (Å²) in [5.74, 6) is -0.582. The van der Waals surface area contributed by atoms with Crippen LogP contribution in [0.1, 0.15) is 28.3 Å². The van der Waals surface area contributed by atoms with Crippen molar-refractivity contribution in [1.82, 2.24) is 0 Å². The third kappa shape index (κ3) is 2.32. The lowest BCUT2D eigenvalue weighted by Crippen LogP contribution is -2.16. The zero-order chi connectivity index (χ0) is 14.1. The fourth-order valence-corrected chi connectivity index (χ4v) is 2.54. The Kier molecular flexibility index (Phi) is 3.28.